The van der Waals surface area contributed by atoms with Crippen LogP contribution in [-0.2, 0) is 6.61 Å². The third kappa shape index (κ3) is 4.55. The number of benzene rings is 4. The first-order chi connectivity index (χ1) is 18.6. The third-order valence-corrected chi connectivity index (χ3v) is 6.26. The van der Waals surface area contributed by atoms with Crippen molar-refractivity contribution in [2.24, 2.45) is 5.10 Å². The molecular weight excluding hydrogens is 505 g/mol. The Bertz CT molecular complexity index is 1860. The van der Waals surface area contributed by atoms with Gasteiger partial charge >= 0.3 is 0 Å². The maximum absolute atomic E-state index is 14.1. The molecule has 0 atom stereocenters. The van der Waals surface area contributed by atoms with Gasteiger partial charge in [0.05, 0.1) is 17.1 Å². The topological polar surface area (TPSA) is 69.6 Å². The summed E-state index contributed by atoms with van der Waals surface area (Å²) >= 11 is 6.25. The van der Waals surface area contributed by atoms with Crippen LogP contribution >= 0.6 is 11.6 Å². The van der Waals surface area contributed by atoms with Gasteiger partial charge in [0.2, 0.25) is 5.82 Å². The van der Waals surface area contributed by atoms with Crippen LogP contribution in [0.3, 0.4) is 0 Å². The largest absolute Gasteiger partial charge is 0.488 e. The van der Waals surface area contributed by atoms with E-state index in [0.29, 0.717) is 44.1 Å². The van der Waals surface area contributed by atoms with Gasteiger partial charge in [0.1, 0.15) is 23.8 Å². The predicted molar refractivity (Wildman–Crippen MR) is 146 cm³/mol. The molecule has 0 fully saturated rings. The van der Waals surface area contributed by atoms with E-state index in [-0.39, 0.29) is 23.8 Å². The van der Waals surface area contributed by atoms with Gasteiger partial charge in [-0.2, -0.15) is 9.78 Å². The summed E-state index contributed by atoms with van der Waals surface area (Å²) in [5.74, 6) is 0.708. The molecule has 0 aliphatic rings. The monoisotopic (exact) mass is 523 g/mol. The first-order valence-corrected chi connectivity index (χ1v) is 12.2. The molecule has 0 saturated carbocycles. The molecular formula is C30H19ClFN3O3. The second-order valence-corrected chi connectivity index (χ2v) is 8.96. The van der Waals surface area contributed by atoms with Gasteiger partial charge < -0.3 is 9.15 Å². The number of furan rings is 1. The second-order valence-electron chi connectivity index (χ2n) is 8.52. The summed E-state index contributed by atoms with van der Waals surface area (Å²) in [5.41, 5.74) is 1.74. The molecule has 0 aliphatic carbocycles. The quantitative estimate of drug-likeness (QED) is 0.219. The van der Waals surface area contributed by atoms with Crippen LogP contribution in [0.1, 0.15) is 11.1 Å². The van der Waals surface area contributed by atoms with Crippen molar-refractivity contribution < 1.29 is 13.5 Å². The summed E-state index contributed by atoms with van der Waals surface area (Å²) in [7, 11) is 0. The molecule has 6 rings (SSSR count). The lowest BCUT2D eigenvalue weighted by Gasteiger charge is -2.11. The van der Waals surface area contributed by atoms with Gasteiger partial charge in [-0.05, 0) is 48.5 Å². The van der Waals surface area contributed by atoms with Gasteiger partial charge in [0.25, 0.3) is 5.56 Å². The van der Waals surface area contributed by atoms with Crippen molar-refractivity contribution in [3.05, 3.63) is 129 Å². The van der Waals surface area contributed by atoms with Crippen LogP contribution in [0.15, 0.2) is 111 Å². The Labute approximate surface area is 221 Å². The zero-order valence-electron chi connectivity index (χ0n) is 19.8. The maximum Gasteiger partial charge on any atom is 0.282 e. The molecule has 6 aromatic rings. The molecule has 0 radical (unpaired) electrons. The van der Waals surface area contributed by atoms with Crippen molar-refractivity contribution in [2.45, 2.75) is 6.61 Å². The number of hydrogen-bond donors (Lipinski definition) is 0. The fourth-order valence-electron chi connectivity index (χ4n) is 4.12. The number of ether oxygens (including phenoxy) is 1. The molecule has 4 aromatic carbocycles. The Balaban J connectivity index is 1.44. The van der Waals surface area contributed by atoms with Crippen LogP contribution in [0.5, 0.6) is 5.75 Å². The van der Waals surface area contributed by atoms with Crippen molar-refractivity contribution >= 4 is 39.7 Å². The molecule has 0 spiro atoms. The van der Waals surface area contributed by atoms with E-state index in [1.165, 1.54) is 17.0 Å². The zero-order chi connectivity index (χ0) is 26.1. The van der Waals surface area contributed by atoms with Crippen molar-refractivity contribution in [2.75, 3.05) is 0 Å². The third-order valence-electron chi connectivity index (χ3n) is 6.02. The van der Waals surface area contributed by atoms with Crippen LogP contribution in [0.25, 0.3) is 33.5 Å². The van der Waals surface area contributed by atoms with Gasteiger partial charge in [-0.15, -0.1) is 0 Å². The minimum absolute atomic E-state index is 0.0108. The molecule has 0 aliphatic heterocycles. The molecule has 6 nitrogen and oxygen atoms in total. The van der Waals surface area contributed by atoms with Crippen molar-refractivity contribution in [1.29, 1.82) is 0 Å². The number of halogens is 2. The number of hydrogen-bond acceptors (Lipinski definition) is 5. The van der Waals surface area contributed by atoms with Crippen LogP contribution < -0.4 is 10.3 Å². The highest BCUT2D eigenvalue weighted by molar-refractivity contribution is 6.30. The fourth-order valence-corrected chi connectivity index (χ4v) is 4.31. The van der Waals surface area contributed by atoms with Crippen molar-refractivity contribution in [1.82, 2.24) is 9.66 Å². The summed E-state index contributed by atoms with van der Waals surface area (Å²) < 4.78 is 27.2. The van der Waals surface area contributed by atoms with Gasteiger partial charge in [-0.1, -0.05) is 60.1 Å². The lowest BCUT2D eigenvalue weighted by Crippen LogP contribution is -2.20. The molecule has 38 heavy (non-hydrogen) atoms. The van der Waals surface area contributed by atoms with Gasteiger partial charge in [-0.3, -0.25) is 4.79 Å². The fraction of sp³-hybridized carbons (Fsp3) is 0.0333. The first kappa shape index (κ1) is 23.6. The van der Waals surface area contributed by atoms with Gasteiger partial charge in [0.15, 0.2) is 5.76 Å². The summed E-state index contributed by atoms with van der Waals surface area (Å²) in [6.07, 6.45) is 1.46. The first-order valence-electron chi connectivity index (χ1n) is 11.8. The zero-order valence-corrected chi connectivity index (χ0v) is 20.6. The van der Waals surface area contributed by atoms with Crippen LogP contribution in [0, 0.1) is 5.82 Å². The van der Waals surface area contributed by atoms with Gasteiger partial charge in [0, 0.05) is 21.5 Å². The molecule has 186 valence electrons. The number of para-hydroxylation sites is 2. The van der Waals surface area contributed by atoms with Crippen molar-refractivity contribution in [3.63, 3.8) is 0 Å². The van der Waals surface area contributed by atoms with E-state index in [0.717, 1.165) is 5.39 Å². The number of rotatable bonds is 6. The van der Waals surface area contributed by atoms with Crippen LogP contribution in [0.2, 0.25) is 5.02 Å². The van der Waals surface area contributed by atoms with Gasteiger partial charge in [-0.25, -0.2) is 9.37 Å². The Morgan fingerprint density at radius 2 is 1.76 bits per heavy atom. The number of aromatic nitrogens is 2. The molecule has 0 N–H and O–H groups in total. The second kappa shape index (κ2) is 9.95. The summed E-state index contributed by atoms with van der Waals surface area (Å²) in [6.45, 7) is 0.0108. The Hall–Kier alpha value is -4.75. The smallest absolute Gasteiger partial charge is 0.282 e. The minimum atomic E-state index is -0.363. The van der Waals surface area contributed by atoms with E-state index in [1.54, 1.807) is 54.6 Å². The normalized spacial score (nSPS) is 11.5. The van der Waals surface area contributed by atoms with Crippen LogP contribution in [-0.4, -0.2) is 15.9 Å². The Morgan fingerprint density at radius 1 is 0.974 bits per heavy atom. The van der Waals surface area contributed by atoms with Crippen LogP contribution in [0.4, 0.5) is 4.39 Å². The molecule has 2 heterocycles. The summed E-state index contributed by atoms with van der Waals surface area (Å²) in [5, 5.41) is 6.22. The standard InChI is InChI=1S/C30H19ClFN3O3/c31-22-13-14-26(37-18-20-8-1-4-10-24(20)32)21(15-22)17-33-35-29(28-16-19-7-2-6-12-27(19)38-28)34-25-11-5-3-9-23(25)30(35)36/h1-17H,18H2. The lowest BCUT2D eigenvalue weighted by atomic mass is 10.2. The number of fused-ring (bicyclic) bond motifs is 2. The molecule has 8 heteroatoms. The summed E-state index contributed by atoms with van der Waals surface area (Å²) in [4.78, 5) is 18.2. The number of nitrogens with zero attached hydrogens (tertiary/aromatic N) is 3. The van der Waals surface area contributed by atoms with E-state index in [4.69, 9.17) is 25.7 Å². The molecule has 0 saturated heterocycles. The average molecular weight is 524 g/mol. The average Bonchev–Trinajstić information content (AvgIpc) is 3.37. The van der Waals surface area contributed by atoms with E-state index in [1.807, 2.05) is 36.4 Å². The Morgan fingerprint density at radius 3 is 2.63 bits per heavy atom. The molecule has 2 aromatic heterocycles. The van der Waals surface area contributed by atoms with E-state index >= 15 is 0 Å². The van der Waals surface area contributed by atoms with Crippen molar-refractivity contribution in [3.8, 4) is 17.3 Å². The molecule has 0 unspecified atom stereocenters. The predicted octanol–water partition coefficient (Wildman–Crippen LogP) is 7.06. The summed E-state index contributed by atoms with van der Waals surface area (Å²) in [6, 6.07) is 27.8. The molecule has 0 bridgehead atoms. The SMILES string of the molecule is O=c1c2ccccc2nc(-c2cc3ccccc3o2)n1N=Cc1cc(Cl)ccc1OCc1ccccc1F. The highest BCUT2D eigenvalue weighted by atomic mass is 35.5. The molecule has 0 amide bonds. The maximum atomic E-state index is 14.1. The lowest BCUT2D eigenvalue weighted by molar-refractivity contribution is 0.299. The Kier molecular flexibility index (Phi) is 6.19. The minimum Gasteiger partial charge on any atom is -0.488 e. The van der Waals surface area contributed by atoms with E-state index in [9.17, 15) is 9.18 Å². The van der Waals surface area contributed by atoms with E-state index < -0.39 is 0 Å². The highest BCUT2D eigenvalue weighted by Crippen LogP contribution is 2.28. The van der Waals surface area contributed by atoms with E-state index in [2.05, 4.69) is 5.10 Å². The highest BCUT2D eigenvalue weighted by Gasteiger charge is 2.16.